The molecule has 0 radical (unpaired) electrons. The number of carbonyl (C=O) groups is 1. The molecule has 1 atom stereocenters. The van der Waals surface area contributed by atoms with E-state index in [9.17, 15) is 4.79 Å². The van der Waals surface area contributed by atoms with Gasteiger partial charge in [-0.05, 0) is 60.6 Å². The van der Waals surface area contributed by atoms with Gasteiger partial charge < -0.3 is 4.74 Å². The van der Waals surface area contributed by atoms with Crippen LogP contribution in [0.3, 0.4) is 0 Å². The first-order chi connectivity index (χ1) is 7.06. The number of benzene rings is 1. The molecule has 0 aliphatic rings. The van der Waals surface area contributed by atoms with Crippen LogP contribution in [-0.4, -0.2) is 12.6 Å². The maximum absolute atomic E-state index is 11.5. The number of hydrogen-bond acceptors (Lipinski definition) is 2. The van der Waals surface area contributed by atoms with Gasteiger partial charge in [0.15, 0.2) is 0 Å². The summed E-state index contributed by atoms with van der Waals surface area (Å²) >= 11 is 2.28. The molecule has 1 rings (SSSR count). The largest absolute Gasteiger partial charge is 0.466 e. The van der Waals surface area contributed by atoms with Crippen LogP contribution in [0.4, 0.5) is 0 Å². The molecule has 0 aromatic heterocycles. The normalized spacial score (nSPS) is 12.3. The predicted octanol–water partition coefficient (Wildman–Crippen LogP) is 3.27. The second kappa shape index (κ2) is 5.49. The first-order valence-corrected chi connectivity index (χ1v) is 6.06. The van der Waals surface area contributed by atoms with E-state index in [-0.39, 0.29) is 11.9 Å². The van der Waals surface area contributed by atoms with Crippen molar-refractivity contribution in [1.29, 1.82) is 0 Å². The van der Waals surface area contributed by atoms with Crippen molar-refractivity contribution in [2.75, 3.05) is 6.61 Å². The van der Waals surface area contributed by atoms with E-state index in [1.807, 2.05) is 39.0 Å². The molecule has 1 aromatic carbocycles. The van der Waals surface area contributed by atoms with E-state index >= 15 is 0 Å². The van der Waals surface area contributed by atoms with Crippen molar-refractivity contribution in [2.45, 2.75) is 26.7 Å². The summed E-state index contributed by atoms with van der Waals surface area (Å²) in [6.07, 6.45) is 0. The fraction of sp³-hybridized carbons (Fsp3) is 0.417. The second-order valence-corrected chi connectivity index (χ2v) is 4.64. The molecule has 0 bridgehead atoms. The Morgan fingerprint density at radius 2 is 2.20 bits per heavy atom. The monoisotopic (exact) mass is 318 g/mol. The lowest BCUT2D eigenvalue weighted by atomic mass is 10.00. The van der Waals surface area contributed by atoms with Gasteiger partial charge in [0.25, 0.3) is 0 Å². The minimum atomic E-state index is -0.180. The zero-order valence-corrected chi connectivity index (χ0v) is 11.4. The number of halogens is 1. The van der Waals surface area contributed by atoms with Crippen molar-refractivity contribution >= 4 is 28.6 Å². The molecule has 15 heavy (non-hydrogen) atoms. The summed E-state index contributed by atoms with van der Waals surface area (Å²) in [4.78, 5) is 11.5. The molecule has 0 heterocycles. The molecule has 0 spiro atoms. The molecule has 0 N–H and O–H groups in total. The number of esters is 1. The average molecular weight is 318 g/mol. The highest BCUT2D eigenvalue weighted by molar-refractivity contribution is 14.1. The molecule has 0 fully saturated rings. The summed E-state index contributed by atoms with van der Waals surface area (Å²) in [6, 6.07) is 6.06. The summed E-state index contributed by atoms with van der Waals surface area (Å²) in [5.41, 5.74) is 2.22. The first kappa shape index (κ1) is 12.5. The Labute approximate surface area is 104 Å². The highest BCUT2D eigenvalue weighted by Crippen LogP contribution is 2.21. The Morgan fingerprint density at radius 3 is 2.73 bits per heavy atom. The van der Waals surface area contributed by atoms with Gasteiger partial charge in [-0.3, -0.25) is 4.79 Å². The van der Waals surface area contributed by atoms with Gasteiger partial charge >= 0.3 is 5.97 Å². The van der Waals surface area contributed by atoms with Gasteiger partial charge in [-0.15, -0.1) is 0 Å². The summed E-state index contributed by atoms with van der Waals surface area (Å²) in [5.74, 6) is -0.334. The van der Waals surface area contributed by atoms with Crippen molar-refractivity contribution in [3.63, 3.8) is 0 Å². The van der Waals surface area contributed by atoms with E-state index in [0.717, 1.165) is 5.56 Å². The van der Waals surface area contributed by atoms with E-state index in [1.54, 1.807) is 0 Å². The standard InChI is InChI=1S/C12H15IO2/c1-4-15-12(14)9(3)10-5-6-11(13)8(2)7-10/h5-7,9H,4H2,1-3H3/t9-/m0/s1. The molecule has 0 saturated carbocycles. The second-order valence-electron chi connectivity index (χ2n) is 3.48. The van der Waals surface area contributed by atoms with Gasteiger partial charge in [0.05, 0.1) is 12.5 Å². The summed E-state index contributed by atoms with van der Waals surface area (Å²) in [7, 11) is 0. The zero-order chi connectivity index (χ0) is 11.4. The number of ether oxygens (including phenoxy) is 1. The minimum absolute atomic E-state index is 0.155. The lowest BCUT2D eigenvalue weighted by Crippen LogP contribution is -2.13. The van der Waals surface area contributed by atoms with Gasteiger partial charge in [-0.1, -0.05) is 12.1 Å². The fourth-order valence-corrected chi connectivity index (χ4v) is 1.68. The maximum Gasteiger partial charge on any atom is 0.313 e. The third-order valence-electron chi connectivity index (χ3n) is 2.32. The Balaban J connectivity index is 2.86. The molecule has 3 heteroatoms. The SMILES string of the molecule is CCOC(=O)[C@@H](C)c1ccc(I)c(C)c1. The number of aryl methyl sites for hydroxylation is 1. The molecule has 1 aromatic rings. The van der Waals surface area contributed by atoms with E-state index in [0.29, 0.717) is 6.61 Å². The zero-order valence-electron chi connectivity index (χ0n) is 9.21. The molecule has 2 nitrogen and oxygen atoms in total. The lowest BCUT2D eigenvalue weighted by molar-refractivity contribution is -0.144. The molecule has 82 valence electrons. The Kier molecular flexibility index (Phi) is 4.57. The fourth-order valence-electron chi connectivity index (χ4n) is 1.34. The summed E-state index contributed by atoms with van der Waals surface area (Å²) in [6.45, 7) is 6.18. The molecular weight excluding hydrogens is 303 g/mol. The molecular formula is C12H15IO2. The first-order valence-electron chi connectivity index (χ1n) is 4.99. The number of hydrogen-bond donors (Lipinski definition) is 0. The molecule has 0 aliphatic carbocycles. The minimum Gasteiger partial charge on any atom is -0.466 e. The van der Waals surface area contributed by atoms with Crippen molar-refractivity contribution < 1.29 is 9.53 Å². The third-order valence-corrected chi connectivity index (χ3v) is 3.53. The van der Waals surface area contributed by atoms with Crippen LogP contribution in [0.5, 0.6) is 0 Å². The predicted molar refractivity (Wildman–Crippen MR) is 68.9 cm³/mol. The van der Waals surface area contributed by atoms with Gasteiger partial charge in [0.1, 0.15) is 0 Å². The van der Waals surface area contributed by atoms with E-state index in [4.69, 9.17) is 4.74 Å². The van der Waals surface area contributed by atoms with Crippen LogP contribution >= 0.6 is 22.6 Å². The van der Waals surface area contributed by atoms with Crippen molar-refractivity contribution in [1.82, 2.24) is 0 Å². The van der Waals surface area contributed by atoms with Gasteiger partial charge in [-0.25, -0.2) is 0 Å². The van der Waals surface area contributed by atoms with Crippen molar-refractivity contribution in [2.24, 2.45) is 0 Å². The molecule has 0 amide bonds. The van der Waals surface area contributed by atoms with E-state index in [1.165, 1.54) is 9.13 Å². The van der Waals surface area contributed by atoms with Crippen LogP contribution < -0.4 is 0 Å². The van der Waals surface area contributed by atoms with E-state index in [2.05, 4.69) is 22.6 Å². The van der Waals surface area contributed by atoms with Gasteiger partial charge in [-0.2, -0.15) is 0 Å². The summed E-state index contributed by atoms with van der Waals surface area (Å²) in [5, 5.41) is 0. The van der Waals surface area contributed by atoms with Gasteiger partial charge in [0.2, 0.25) is 0 Å². The molecule has 0 unspecified atom stereocenters. The highest BCUT2D eigenvalue weighted by Gasteiger charge is 2.16. The number of carbonyl (C=O) groups excluding carboxylic acids is 1. The van der Waals surface area contributed by atoms with Crippen molar-refractivity contribution in [3.8, 4) is 0 Å². The maximum atomic E-state index is 11.5. The van der Waals surface area contributed by atoms with Crippen LogP contribution in [0.1, 0.15) is 30.9 Å². The Hall–Kier alpha value is -0.580. The Morgan fingerprint density at radius 1 is 1.53 bits per heavy atom. The van der Waals surface area contributed by atoms with Crippen molar-refractivity contribution in [3.05, 3.63) is 32.9 Å². The molecule has 0 aliphatic heterocycles. The van der Waals surface area contributed by atoms with Crippen LogP contribution in [0.2, 0.25) is 0 Å². The van der Waals surface area contributed by atoms with Crippen LogP contribution in [-0.2, 0) is 9.53 Å². The highest BCUT2D eigenvalue weighted by atomic mass is 127. The van der Waals surface area contributed by atoms with E-state index < -0.39 is 0 Å². The topological polar surface area (TPSA) is 26.3 Å². The average Bonchev–Trinajstić information content (AvgIpc) is 2.21. The van der Waals surface area contributed by atoms with Crippen LogP contribution in [0, 0.1) is 10.5 Å². The van der Waals surface area contributed by atoms with Gasteiger partial charge in [0, 0.05) is 3.57 Å². The quantitative estimate of drug-likeness (QED) is 0.632. The van der Waals surface area contributed by atoms with Crippen LogP contribution in [0.25, 0.3) is 0 Å². The van der Waals surface area contributed by atoms with Crippen LogP contribution in [0.15, 0.2) is 18.2 Å². The Bertz CT molecular complexity index is 361. The smallest absolute Gasteiger partial charge is 0.313 e. The summed E-state index contributed by atoms with van der Waals surface area (Å²) < 4.78 is 6.20. The molecule has 0 saturated heterocycles. The lowest BCUT2D eigenvalue weighted by Gasteiger charge is -2.11. The number of rotatable bonds is 3. The third kappa shape index (κ3) is 3.19.